The molecule has 0 radical (unpaired) electrons. The van der Waals surface area contributed by atoms with Gasteiger partial charge in [-0.05, 0) is 12.1 Å². The van der Waals surface area contributed by atoms with E-state index in [0.717, 1.165) is 0 Å². The molecule has 0 aliphatic carbocycles. The molecule has 0 spiro atoms. The first-order chi connectivity index (χ1) is 9.97. The van der Waals surface area contributed by atoms with Crippen LogP contribution in [0.15, 0.2) is 35.7 Å². The van der Waals surface area contributed by atoms with Gasteiger partial charge in [0, 0.05) is 10.6 Å². The van der Waals surface area contributed by atoms with E-state index in [0.29, 0.717) is 0 Å². The fraction of sp³-hybridized carbons (Fsp3) is 0.167. The van der Waals surface area contributed by atoms with Gasteiger partial charge in [-0.25, -0.2) is 18.4 Å². The number of rotatable bonds is 5. The zero-order valence-corrected chi connectivity index (χ0v) is 12.5. The Hall–Kier alpha value is -1.90. The van der Waals surface area contributed by atoms with Gasteiger partial charge in [-0.15, -0.1) is 0 Å². The minimum absolute atomic E-state index is 0.0336. The van der Waals surface area contributed by atoms with Gasteiger partial charge in [-0.2, -0.15) is 0 Å². The zero-order valence-electron chi connectivity index (χ0n) is 10.9. The van der Waals surface area contributed by atoms with Crippen molar-refractivity contribution in [3.8, 4) is 5.75 Å². The quantitative estimate of drug-likeness (QED) is 0.860. The summed E-state index contributed by atoms with van der Waals surface area (Å²) < 4.78 is 32.2. The number of halogens is 1. The number of sulfonamides is 1. The summed E-state index contributed by atoms with van der Waals surface area (Å²) in [5.41, 5.74) is 0.472. The van der Waals surface area contributed by atoms with Crippen LogP contribution < -0.4 is 9.46 Å². The molecular formula is C12H12ClN3O4S. The number of methoxy groups -OCH3 is 1. The normalized spacial score (nSPS) is 11.2. The molecule has 0 saturated heterocycles. The van der Waals surface area contributed by atoms with E-state index in [1.807, 2.05) is 0 Å². The van der Waals surface area contributed by atoms with Crippen molar-refractivity contribution in [2.24, 2.45) is 0 Å². The third-order valence-electron chi connectivity index (χ3n) is 2.57. The molecule has 9 heteroatoms. The molecule has 1 aromatic carbocycles. The van der Waals surface area contributed by atoms with Crippen molar-refractivity contribution in [3.63, 3.8) is 0 Å². The SMILES string of the molecule is COc1c(CO)cc(Cl)cc1S(=O)(=O)Nc1cncnc1. The number of aliphatic hydroxyl groups excluding tert-OH is 1. The summed E-state index contributed by atoms with van der Waals surface area (Å²) in [6.07, 6.45) is 3.91. The van der Waals surface area contributed by atoms with Gasteiger partial charge in [-0.1, -0.05) is 11.6 Å². The molecule has 0 bridgehead atoms. The molecule has 2 rings (SSSR count). The van der Waals surface area contributed by atoms with E-state index in [4.69, 9.17) is 16.3 Å². The molecular weight excluding hydrogens is 318 g/mol. The van der Waals surface area contributed by atoms with Crippen LogP contribution in [0.4, 0.5) is 5.69 Å². The number of benzene rings is 1. The molecule has 0 atom stereocenters. The molecule has 112 valence electrons. The van der Waals surface area contributed by atoms with Gasteiger partial charge in [0.05, 0.1) is 31.8 Å². The molecule has 0 unspecified atom stereocenters. The lowest BCUT2D eigenvalue weighted by atomic mass is 10.2. The molecule has 7 nitrogen and oxygen atoms in total. The van der Waals surface area contributed by atoms with Gasteiger partial charge in [0.2, 0.25) is 0 Å². The lowest BCUT2D eigenvalue weighted by Gasteiger charge is -2.14. The predicted octanol–water partition coefficient (Wildman–Crippen LogP) is 1.43. The van der Waals surface area contributed by atoms with Crippen LogP contribution in [0.5, 0.6) is 5.75 Å². The number of anilines is 1. The Kier molecular flexibility index (Phi) is 4.61. The molecule has 0 fully saturated rings. The van der Waals surface area contributed by atoms with Gasteiger partial charge in [-0.3, -0.25) is 4.72 Å². The first-order valence-electron chi connectivity index (χ1n) is 5.73. The summed E-state index contributed by atoms with van der Waals surface area (Å²) in [6, 6.07) is 2.68. The standard InChI is InChI=1S/C12H12ClN3O4S/c1-20-12-8(6-17)2-9(13)3-11(12)21(18,19)16-10-4-14-7-15-5-10/h2-5,7,16-17H,6H2,1H3. The van der Waals surface area contributed by atoms with E-state index in [9.17, 15) is 13.5 Å². The van der Waals surface area contributed by atoms with Gasteiger partial charge in [0.1, 0.15) is 17.0 Å². The average molecular weight is 330 g/mol. The van der Waals surface area contributed by atoms with E-state index in [1.54, 1.807) is 0 Å². The highest BCUT2D eigenvalue weighted by atomic mass is 35.5. The maximum atomic E-state index is 12.4. The first kappa shape index (κ1) is 15.5. The van der Waals surface area contributed by atoms with Gasteiger partial charge < -0.3 is 9.84 Å². The highest BCUT2D eigenvalue weighted by Crippen LogP contribution is 2.32. The Bertz CT molecular complexity index is 738. The molecule has 0 aliphatic heterocycles. The molecule has 0 amide bonds. The molecule has 0 saturated carbocycles. The van der Waals surface area contributed by atoms with Crippen molar-refractivity contribution < 1.29 is 18.3 Å². The third kappa shape index (κ3) is 3.41. The molecule has 1 heterocycles. The fourth-order valence-corrected chi connectivity index (χ4v) is 3.31. The number of hydrogen-bond donors (Lipinski definition) is 2. The summed E-state index contributed by atoms with van der Waals surface area (Å²) in [4.78, 5) is 7.27. The van der Waals surface area contributed by atoms with Crippen LogP contribution in [0.2, 0.25) is 5.02 Å². The van der Waals surface area contributed by atoms with Gasteiger partial charge in [0.15, 0.2) is 0 Å². The Morgan fingerprint density at radius 1 is 1.33 bits per heavy atom. The van der Waals surface area contributed by atoms with Crippen molar-refractivity contribution in [3.05, 3.63) is 41.4 Å². The van der Waals surface area contributed by atoms with Crippen LogP contribution in [-0.4, -0.2) is 30.6 Å². The van der Waals surface area contributed by atoms with E-state index >= 15 is 0 Å². The van der Waals surface area contributed by atoms with E-state index in [-0.39, 0.29) is 26.9 Å². The topological polar surface area (TPSA) is 101 Å². The summed E-state index contributed by atoms with van der Waals surface area (Å²) in [5.74, 6) is 0.0336. The lowest BCUT2D eigenvalue weighted by molar-refractivity contribution is 0.272. The number of nitrogens with zero attached hydrogens (tertiary/aromatic N) is 2. The molecule has 21 heavy (non-hydrogen) atoms. The second-order valence-electron chi connectivity index (χ2n) is 3.99. The van der Waals surface area contributed by atoms with E-state index < -0.39 is 16.6 Å². The zero-order chi connectivity index (χ0) is 15.5. The Morgan fingerprint density at radius 3 is 2.57 bits per heavy atom. The number of aromatic nitrogens is 2. The Balaban J connectivity index is 2.51. The molecule has 2 aromatic rings. The lowest BCUT2D eigenvalue weighted by Crippen LogP contribution is -2.15. The van der Waals surface area contributed by atoms with Crippen molar-refractivity contribution in [2.45, 2.75) is 11.5 Å². The second kappa shape index (κ2) is 6.25. The highest BCUT2D eigenvalue weighted by Gasteiger charge is 2.23. The second-order valence-corrected chi connectivity index (χ2v) is 6.07. The van der Waals surface area contributed by atoms with Crippen molar-refractivity contribution >= 4 is 27.3 Å². The predicted molar refractivity (Wildman–Crippen MR) is 76.8 cm³/mol. The van der Waals surface area contributed by atoms with E-state index in [2.05, 4.69) is 14.7 Å². The van der Waals surface area contributed by atoms with Crippen LogP contribution >= 0.6 is 11.6 Å². The summed E-state index contributed by atoms with van der Waals surface area (Å²) in [7, 11) is -2.65. The van der Waals surface area contributed by atoms with Gasteiger partial charge in [0.25, 0.3) is 10.0 Å². The number of nitrogens with one attached hydrogen (secondary N) is 1. The first-order valence-corrected chi connectivity index (χ1v) is 7.59. The monoisotopic (exact) mass is 329 g/mol. The smallest absolute Gasteiger partial charge is 0.265 e. The average Bonchev–Trinajstić information content (AvgIpc) is 2.46. The van der Waals surface area contributed by atoms with Crippen molar-refractivity contribution in [1.29, 1.82) is 0 Å². The van der Waals surface area contributed by atoms with Crippen LogP contribution in [0.1, 0.15) is 5.56 Å². The maximum Gasteiger partial charge on any atom is 0.265 e. The third-order valence-corrected chi connectivity index (χ3v) is 4.18. The number of hydrogen-bond acceptors (Lipinski definition) is 6. The molecule has 0 aliphatic rings. The molecule has 1 aromatic heterocycles. The van der Waals surface area contributed by atoms with Crippen LogP contribution in [-0.2, 0) is 16.6 Å². The molecule has 2 N–H and O–H groups in total. The highest BCUT2D eigenvalue weighted by molar-refractivity contribution is 7.92. The summed E-state index contributed by atoms with van der Waals surface area (Å²) in [6.45, 7) is -0.402. The largest absolute Gasteiger partial charge is 0.495 e. The van der Waals surface area contributed by atoms with Crippen molar-refractivity contribution in [2.75, 3.05) is 11.8 Å². The Morgan fingerprint density at radius 2 is 2.00 bits per heavy atom. The van der Waals surface area contributed by atoms with E-state index in [1.165, 1.54) is 38.0 Å². The van der Waals surface area contributed by atoms with Crippen LogP contribution in [0, 0.1) is 0 Å². The van der Waals surface area contributed by atoms with Crippen LogP contribution in [0.25, 0.3) is 0 Å². The minimum atomic E-state index is -3.96. The maximum absolute atomic E-state index is 12.4. The summed E-state index contributed by atoms with van der Waals surface area (Å²) in [5, 5.41) is 9.45. The van der Waals surface area contributed by atoms with Gasteiger partial charge >= 0.3 is 0 Å². The Labute approximate surface area is 126 Å². The van der Waals surface area contributed by atoms with Crippen molar-refractivity contribution in [1.82, 2.24) is 9.97 Å². The number of ether oxygens (including phenoxy) is 1. The summed E-state index contributed by atoms with van der Waals surface area (Å²) >= 11 is 5.88. The minimum Gasteiger partial charge on any atom is -0.495 e. The number of aliphatic hydroxyl groups is 1. The fourth-order valence-electron chi connectivity index (χ4n) is 1.73. The van der Waals surface area contributed by atoms with Crippen LogP contribution in [0.3, 0.4) is 0 Å².